The molecule has 0 saturated heterocycles. The minimum atomic E-state index is -0.662. The van der Waals surface area contributed by atoms with Gasteiger partial charge in [0.15, 0.2) is 5.82 Å². The Morgan fingerprint density at radius 3 is 3.06 bits per heavy atom. The normalized spacial score (nSPS) is 12.6. The zero-order valence-corrected chi connectivity index (χ0v) is 11.6. The topological polar surface area (TPSA) is 93.2 Å². The monoisotopic (exact) mass is 354 g/mol. The van der Waals surface area contributed by atoms with E-state index in [4.69, 9.17) is 0 Å². The fourth-order valence-electron chi connectivity index (χ4n) is 1.44. The van der Waals surface area contributed by atoms with E-state index >= 15 is 0 Å². The van der Waals surface area contributed by atoms with Crippen LogP contribution in [0.15, 0.2) is 6.20 Å². The van der Waals surface area contributed by atoms with Crippen LogP contribution in [0.5, 0.6) is 0 Å². The number of hydrogen-bond acceptors (Lipinski definition) is 5. The number of halogens is 1. The summed E-state index contributed by atoms with van der Waals surface area (Å²) in [6.45, 7) is 3.08. The number of aromatic nitrogens is 2. The molecule has 0 spiro atoms. The summed E-state index contributed by atoms with van der Waals surface area (Å²) in [4.78, 5) is 14.1. The molecule has 1 aromatic heterocycles. The summed E-state index contributed by atoms with van der Waals surface area (Å²) in [7, 11) is 0. The van der Waals surface area contributed by atoms with Crippen LogP contribution in [0.4, 0.5) is 5.82 Å². The molecule has 0 aliphatic rings. The number of alkyl halides is 1. The Bertz CT molecular complexity index is 382. The number of nitrogens with zero attached hydrogens (tertiary/aromatic N) is 3. The third-order valence-corrected chi connectivity index (χ3v) is 2.81. The predicted octanol–water partition coefficient (Wildman–Crippen LogP) is 0.485. The number of imidazole rings is 1. The fourth-order valence-corrected chi connectivity index (χ4v) is 1.82. The Labute approximate surface area is 113 Å². The maximum absolute atomic E-state index is 10.7. The Kier molecular flexibility index (Phi) is 5.78. The molecule has 1 aromatic rings. The van der Waals surface area contributed by atoms with E-state index in [0.29, 0.717) is 12.4 Å². The van der Waals surface area contributed by atoms with Crippen molar-refractivity contribution in [1.29, 1.82) is 0 Å². The first kappa shape index (κ1) is 14.3. The van der Waals surface area contributed by atoms with E-state index in [1.54, 1.807) is 6.92 Å². The van der Waals surface area contributed by atoms with Gasteiger partial charge < -0.3 is 20.5 Å². The van der Waals surface area contributed by atoms with Gasteiger partial charge in [0.2, 0.25) is 0 Å². The molecular formula is C9H15IN4O3. The van der Waals surface area contributed by atoms with Gasteiger partial charge >= 0.3 is 5.82 Å². The number of aryl methyl sites for hydroxylation is 1. The van der Waals surface area contributed by atoms with Gasteiger partial charge in [-0.05, 0) is 4.92 Å². The average molecular weight is 354 g/mol. The van der Waals surface area contributed by atoms with Crippen LogP contribution in [0.3, 0.4) is 0 Å². The third-order valence-electron chi connectivity index (χ3n) is 2.27. The van der Waals surface area contributed by atoms with Gasteiger partial charge in [-0.1, -0.05) is 22.6 Å². The number of rotatable bonds is 7. The second-order valence-electron chi connectivity index (χ2n) is 3.58. The van der Waals surface area contributed by atoms with E-state index in [1.807, 2.05) is 0 Å². The lowest BCUT2D eigenvalue weighted by atomic mass is 10.3. The fraction of sp³-hybridized carbons (Fsp3) is 0.667. The molecule has 8 heteroatoms. The third kappa shape index (κ3) is 4.21. The lowest BCUT2D eigenvalue weighted by Gasteiger charge is -2.10. The van der Waals surface area contributed by atoms with E-state index in [-0.39, 0.29) is 12.4 Å². The van der Waals surface area contributed by atoms with Crippen LogP contribution >= 0.6 is 22.6 Å². The number of hydrogen-bond donors (Lipinski definition) is 2. The van der Waals surface area contributed by atoms with Crippen molar-refractivity contribution in [3.8, 4) is 0 Å². The zero-order valence-electron chi connectivity index (χ0n) is 9.47. The SMILES string of the molecule is Cc1ncc([N+](=O)[O-])n1CC(O)CNCCI. The number of nitrogens with one attached hydrogen (secondary N) is 1. The molecule has 17 heavy (non-hydrogen) atoms. The molecule has 7 nitrogen and oxygen atoms in total. The van der Waals surface area contributed by atoms with Crippen LogP contribution < -0.4 is 5.32 Å². The highest BCUT2D eigenvalue weighted by Gasteiger charge is 2.20. The molecule has 0 amide bonds. The van der Waals surface area contributed by atoms with Crippen LogP contribution in [0.1, 0.15) is 5.82 Å². The van der Waals surface area contributed by atoms with Crippen molar-refractivity contribution >= 4 is 28.4 Å². The first-order valence-corrected chi connectivity index (χ1v) is 6.70. The summed E-state index contributed by atoms with van der Waals surface area (Å²) < 4.78 is 2.37. The standard InChI is InChI=1S/C9H15IN4O3/c1-7-12-5-9(14(16)17)13(7)6-8(15)4-11-3-2-10/h5,8,11,15H,2-4,6H2,1H3. The van der Waals surface area contributed by atoms with Crippen molar-refractivity contribution in [2.24, 2.45) is 0 Å². The molecule has 0 aromatic carbocycles. The lowest BCUT2D eigenvalue weighted by Crippen LogP contribution is -2.31. The Morgan fingerprint density at radius 1 is 1.76 bits per heavy atom. The maximum Gasteiger partial charge on any atom is 0.342 e. The summed E-state index contributed by atoms with van der Waals surface area (Å²) in [5, 5.41) is 23.5. The number of aliphatic hydroxyl groups excluding tert-OH is 1. The van der Waals surface area contributed by atoms with E-state index in [2.05, 4.69) is 32.9 Å². The first-order chi connectivity index (χ1) is 8.06. The maximum atomic E-state index is 10.7. The van der Waals surface area contributed by atoms with Crippen molar-refractivity contribution in [2.45, 2.75) is 19.6 Å². The quantitative estimate of drug-likeness (QED) is 0.244. The highest BCUT2D eigenvalue weighted by molar-refractivity contribution is 14.1. The summed E-state index contributed by atoms with van der Waals surface area (Å²) in [5.74, 6) is 0.445. The zero-order chi connectivity index (χ0) is 12.8. The number of aliphatic hydroxyl groups is 1. The van der Waals surface area contributed by atoms with Crippen LogP contribution in [0.25, 0.3) is 0 Å². The molecule has 1 heterocycles. The summed E-state index contributed by atoms with van der Waals surface area (Å²) in [6.07, 6.45) is 0.546. The molecule has 1 atom stereocenters. The van der Waals surface area contributed by atoms with Crippen molar-refractivity contribution in [2.75, 3.05) is 17.5 Å². The predicted molar refractivity (Wildman–Crippen MR) is 71.4 cm³/mol. The van der Waals surface area contributed by atoms with Crippen molar-refractivity contribution < 1.29 is 10.0 Å². The Hall–Kier alpha value is -0.740. The van der Waals surface area contributed by atoms with Crippen molar-refractivity contribution in [1.82, 2.24) is 14.9 Å². The number of nitro groups is 1. The minimum absolute atomic E-state index is 0.0876. The largest absolute Gasteiger partial charge is 0.388 e. The molecule has 2 N–H and O–H groups in total. The second kappa shape index (κ2) is 6.87. The van der Waals surface area contributed by atoms with E-state index < -0.39 is 11.0 Å². The molecule has 0 radical (unpaired) electrons. The van der Waals surface area contributed by atoms with Crippen LogP contribution in [0.2, 0.25) is 0 Å². The molecule has 0 bridgehead atoms. The van der Waals surface area contributed by atoms with Crippen LogP contribution in [0, 0.1) is 17.0 Å². The molecule has 0 fully saturated rings. The van der Waals surface area contributed by atoms with Gasteiger partial charge in [-0.15, -0.1) is 0 Å². The summed E-state index contributed by atoms with van der Waals surface area (Å²) in [5.41, 5.74) is 0. The van der Waals surface area contributed by atoms with Gasteiger partial charge in [-0.3, -0.25) is 0 Å². The molecule has 0 aliphatic carbocycles. The van der Waals surface area contributed by atoms with Crippen molar-refractivity contribution in [3.63, 3.8) is 0 Å². The molecule has 96 valence electrons. The molecular weight excluding hydrogens is 339 g/mol. The van der Waals surface area contributed by atoms with Crippen LogP contribution in [-0.4, -0.2) is 43.2 Å². The van der Waals surface area contributed by atoms with Gasteiger partial charge in [0.1, 0.15) is 18.8 Å². The molecule has 0 saturated carbocycles. The highest BCUT2D eigenvalue weighted by atomic mass is 127. The molecule has 1 rings (SSSR count). The summed E-state index contributed by atoms with van der Waals surface area (Å²) >= 11 is 2.23. The van der Waals surface area contributed by atoms with Gasteiger partial charge in [0.05, 0.1) is 0 Å². The highest BCUT2D eigenvalue weighted by Crippen LogP contribution is 2.13. The van der Waals surface area contributed by atoms with E-state index in [1.165, 1.54) is 10.8 Å². The van der Waals surface area contributed by atoms with Crippen LogP contribution in [-0.2, 0) is 6.54 Å². The second-order valence-corrected chi connectivity index (χ2v) is 4.66. The van der Waals surface area contributed by atoms with E-state index in [9.17, 15) is 15.2 Å². The minimum Gasteiger partial charge on any atom is -0.388 e. The van der Waals surface area contributed by atoms with Gasteiger partial charge in [-0.25, -0.2) is 9.55 Å². The first-order valence-electron chi connectivity index (χ1n) is 5.17. The Morgan fingerprint density at radius 2 is 2.47 bits per heavy atom. The van der Waals surface area contributed by atoms with E-state index in [0.717, 1.165) is 11.0 Å². The van der Waals surface area contributed by atoms with Gasteiger partial charge in [-0.2, -0.15) is 0 Å². The summed E-state index contributed by atoms with van der Waals surface area (Å²) in [6, 6.07) is 0. The van der Waals surface area contributed by atoms with Crippen molar-refractivity contribution in [3.05, 3.63) is 22.1 Å². The smallest absolute Gasteiger partial charge is 0.342 e. The molecule has 1 unspecified atom stereocenters. The van der Waals surface area contributed by atoms with Gasteiger partial charge in [0, 0.05) is 24.4 Å². The lowest BCUT2D eigenvalue weighted by molar-refractivity contribution is -0.392. The average Bonchev–Trinajstić information content (AvgIpc) is 2.61. The Balaban J connectivity index is 2.61. The van der Waals surface area contributed by atoms with Gasteiger partial charge in [0.25, 0.3) is 0 Å². The molecule has 0 aliphatic heterocycles.